The van der Waals surface area contributed by atoms with E-state index in [1.165, 1.54) is 29.6 Å². The Bertz CT molecular complexity index is 694. The van der Waals surface area contributed by atoms with Gasteiger partial charge in [0.2, 0.25) is 11.7 Å². The van der Waals surface area contributed by atoms with Gasteiger partial charge in [-0.25, -0.2) is 0 Å². The summed E-state index contributed by atoms with van der Waals surface area (Å²) in [5.41, 5.74) is 2.08. The van der Waals surface area contributed by atoms with E-state index >= 15 is 0 Å². The number of nitrogens with zero attached hydrogens (tertiary/aromatic N) is 4. The molecule has 24 heavy (non-hydrogen) atoms. The minimum Gasteiger partial charge on any atom is -0.351 e. The molecule has 1 saturated carbocycles. The first-order valence-electron chi connectivity index (χ1n) is 8.71. The Hall–Kier alpha value is -2.24. The predicted molar refractivity (Wildman–Crippen MR) is 92.3 cm³/mol. The molecule has 3 rings (SSSR count). The number of carbonyl (C=O) groups excluding carboxylic acids is 1. The number of benzene rings is 1. The molecular formula is C18H25N5O. The maximum atomic E-state index is 12.5. The second-order valence-corrected chi connectivity index (χ2v) is 6.85. The molecule has 1 amide bonds. The fourth-order valence-corrected chi connectivity index (χ4v) is 3.15. The smallest absolute Gasteiger partial charge is 0.246 e. The molecule has 2 aromatic rings. The number of aryl methyl sites for hydroxylation is 1. The molecule has 1 fully saturated rings. The molecule has 0 unspecified atom stereocenters. The van der Waals surface area contributed by atoms with Crippen LogP contribution in [0.3, 0.4) is 0 Å². The molecule has 0 aliphatic heterocycles. The van der Waals surface area contributed by atoms with Gasteiger partial charge in [-0.1, -0.05) is 49.6 Å². The van der Waals surface area contributed by atoms with Crippen molar-refractivity contribution in [2.75, 3.05) is 0 Å². The van der Waals surface area contributed by atoms with Gasteiger partial charge in [-0.3, -0.25) is 4.79 Å². The van der Waals surface area contributed by atoms with Crippen LogP contribution in [0.1, 0.15) is 51.1 Å². The molecule has 1 heterocycles. The predicted octanol–water partition coefficient (Wildman–Crippen LogP) is 2.90. The Kier molecular flexibility index (Phi) is 4.92. The van der Waals surface area contributed by atoms with Crippen molar-refractivity contribution >= 4 is 5.91 Å². The number of hydrogen-bond donors (Lipinski definition) is 1. The molecule has 1 aliphatic rings. The maximum Gasteiger partial charge on any atom is 0.246 e. The van der Waals surface area contributed by atoms with Crippen LogP contribution in [0.4, 0.5) is 0 Å². The first kappa shape index (κ1) is 16.6. The molecule has 128 valence electrons. The molecule has 3 atom stereocenters. The molecule has 1 aromatic heterocycles. The van der Waals surface area contributed by atoms with E-state index in [0.717, 1.165) is 12.0 Å². The number of nitrogens with one attached hydrogen (secondary N) is 1. The van der Waals surface area contributed by atoms with Crippen molar-refractivity contribution in [3.05, 3.63) is 29.8 Å². The minimum atomic E-state index is -0.467. The summed E-state index contributed by atoms with van der Waals surface area (Å²) in [6, 6.07) is 7.74. The highest BCUT2D eigenvalue weighted by Gasteiger charge is 2.26. The zero-order valence-corrected chi connectivity index (χ0v) is 14.6. The molecule has 0 bridgehead atoms. The van der Waals surface area contributed by atoms with E-state index in [0.29, 0.717) is 11.7 Å². The summed E-state index contributed by atoms with van der Waals surface area (Å²) in [7, 11) is 0. The van der Waals surface area contributed by atoms with E-state index in [2.05, 4.69) is 27.7 Å². The zero-order valence-electron chi connectivity index (χ0n) is 14.6. The molecule has 0 radical (unpaired) electrons. The third-order valence-electron chi connectivity index (χ3n) is 4.90. The Labute approximate surface area is 142 Å². The Morgan fingerprint density at radius 1 is 1.25 bits per heavy atom. The highest BCUT2D eigenvalue weighted by molar-refractivity contribution is 5.80. The quantitative estimate of drug-likeness (QED) is 0.937. The minimum absolute atomic E-state index is 0.0402. The van der Waals surface area contributed by atoms with Crippen molar-refractivity contribution in [2.45, 2.75) is 58.5 Å². The lowest BCUT2D eigenvalue weighted by molar-refractivity contribution is -0.125. The lowest BCUT2D eigenvalue weighted by Gasteiger charge is -2.30. The molecule has 0 spiro atoms. The van der Waals surface area contributed by atoms with Crippen molar-refractivity contribution in [3.8, 4) is 11.4 Å². The summed E-state index contributed by atoms with van der Waals surface area (Å²) in [5.74, 6) is 1.03. The second kappa shape index (κ2) is 7.11. The zero-order chi connectivity index (χ0) is 17.1. The second-order valence-electron chi connectivity index (χ2n) is 6.85. The normalized spacial score (nSPS) is 22.1. The van der Waals surface area contributed by atoms with Gasteiger partial charge in [0.15, 0.2) is 0 Å². The van der Waals surface area contributed by atoms with Crippen molar-refractivity contribution in [2.24, 2.45) is 5.92 Å². The molecule has 1 aliphatic carbocycles. The third kappa shape index (κ3) is 3.63. The number of aromatic nitrogens is 4. The van der Waals surface area contributed by atoms with Crippen molar-refractivity contribution < 1.29 is 4.79 Å². The van der Waals surface area contributed by atoms with E-state index in [-0.39, 0.29) is 11.9 Å². The van der Waals surface area contributed by atoms with E-state index in [9.17, 15) is 4.79 Å². The van der Waals surface area contributed by atoms with Crippen molar-refractivity contribution in [3.63, 3.8) is 0 Å². The van der Waals surface area contributed by atoms with Crippen LogP contribution in [0.5, 0.6) is 0 Å². The van der Waals surface area contributed by atoms with E-state index in [1.807, 2.05) is 38.1 Å². The van der Waals surface area contributed by atoms with Crippen LogP contribution >= 0.6 is 0 Å². The summed E-state index contributed by atoms with van der Waals surface area (Å²) < 4.78 is 0. The monoisotopic (exact) mass is 327 g/mol. The van der Waals surface area contributed by atoms with Crippen LogP contribution in [0.25, 0.3) is 11.4 Å². The van der Waals surface area contributed by atoms with Gasteiger partial charge < -0.3 is 5.32 Å². The standard InChI is InChI=1S/C18H25N5O/c1-12-8-10-15(11-9-12)17-20-22-23(21-17)14(3)18(24)19-16-7-5-4-6-13(16)2/h8-11,13-14,16H,4-7H2,1-3H3,(H,19,24)/t13-,14-,16-/m0/s1. The summed E-state index contributed by atoms with van der Waals surface area (Å²) >= 11 is 0. The number of rotatable bonds is 4. The number of amides is 1. The van der Waals surface area contributed by atoms with Crippen molar-refractivity contribution in [1.82, 2.24) is 25.5 Å². The number of tetrazole rings is 1. The van der Waals surface area contributed by atoms with Crippen LogP contribution in [0.15, 0.2) is 24.3 Å². The Morgan fingerprint density at radius 2 is 1.96 bits per heavy atom. The highest BCUT2D eigenvalue weighted by Crippen LogP contribution is 2.24. The topological polar surface area (TPSA) is 72.7 Å². The SMILES string of the molecule is Cc1ccc(-c2nnn([C@@H](C)C(=O)N[C@H]3CCCC[C@@H]3C)n2)cc1. The molecule has 1 N–H and O–H groups in total. The average Bonchev–Trinajstić information content (AvgIpc) is 3.07. The van der Waals surface area contributed by atoms with Gasteiger partial charge in [0.1, 0.15) is 6.04 Å². The van der Waals surface area contributed by atoms with Gasteiger partial charge >= 0.3 is 0 Å². The lowest BCUT2D eigenvalue weighted by atomic mass is 9.86. The van der Waals surface area contributed by atoms with Crippen LogP contribution in [-0.4, -0.2) is 32.2 Å². The van der Waals surface area contributed by atoms with Crippen LogP contribution < -0.4 is 5.32 Å². The lowest BCUT2D eigenvalue weighted by Crippen LogP contribution is -2.44. The van der Waals surface area contributed by atoms with E-state index in [1.54, 1.807) is 0 Å². The fraction of sp³-hybridized carbons (Fsp3) is 0.556. The van der Waals surface area contributed by atoms with Gasteiger partial charge in [0, 0.05) is 11.6 Å². The van der Waals surface area contributed by atoms with E-state index < -0.39 is 6.04 Å². The molecule has 6 heteroatoms. The summed E-state index contributed by atoms with van der Waals surface area (Å²) in [6.45, 7) is 6.05. The van der Waals surface area contributed by atoms with E-state index in [4.69, 9.17) is 0 Å². The summed E-state index contributed by atoms with van der Waals surface area (Å²) in [6.07, 6.45) is 4.67. The molecule has 6 nitrogen and oxygen atoms in total. The summed E-state index contributed by atoms with van der Waals surface area (Å²) in [5, 5.41) is 15.7. The largest absolute Gasteiger partial charge is 0.351 e. The van der Waals surface area contributed by atoms with Crippen LogP contribution in [-0.2, 0) is 4.79 Å². The van der Waals surface area contributed by atoms with Crippen LogP contribution in [0, 0.1) is 12.8 Å². The Balaban J connectivity index is 1.67. The first-order chi connectivity index (χ1) is 11.5. The first-order valence-corrected chi connectivity index (χ1v) is 8.71. The average molecular weight is 327 g/mol. The van der Waals surface area contributed by atoms with Gasteiger partial charge in [0.25, 0.3) is 0 Å². The van der Waals surface area contributed by atoms with Gasteiger partial charge in [-0.15, -0.1) is 10.2 Å². The van der Waals surface area contributed by atoms with Gasteiger partial charge in [-0.2, -0.15) is 4.80 Å². The molecule has 0 saturated heterocycles. The Morgan fingerprint density at radius 3 is 2.67 bits per heavy atom. The third-order valence-corrected chi connectivity index (χ3v) is 4.90. The van der Waals surface area contributed by atoms with Crippen molar-refractivity contribution in [1.29, 1.82) is 0 Å². The molecular weight excluding hydrogens is 302 g/mol. The number of hydrogen-bond acceptors (Lipinski definition) is 4. The van der Waals surface area contributed by atoms with Gasteiger partial charge in [0.05, 0.1) is 0 Å². The fourth-order valence-electron chi connectivity index (χ4n) is 3.15. The highest BCUT2D eigenvalue weighted by atomic mass is 16.2. The summed E-state index contributed by atoms with van der Waals surface area (Å²) in [4.78, 5) is 13.9. The molecule has 1 aromatic carbocycles. The van der Waals surface area contributed by atoms with Gasteiger partial charge in [-0.05, 0) is 37.8 Å². The van der Waals surface area contributed by atoms with Crippen LogP contribution in [0.2, 0.25) is 0 Å². The number of carbonyl (C=O) groups is 1. The maximum absolute atomic E-state index is 12.5.